The number of carbonyl (C=O) groups excluding carboxylic acids is 3. The molecule has 0 bridgehead atoms. The molecule has 0 saturated heterocycles. The van der Waals surface area contributed by atoms with Crippen molar-refractivity contribution in [1.29, 1.82) is 0 Å². The van der Waals surface area contributed by atoms with Gasteiger partial charge in [0.2, 0.25) is 11.7 Å². The lowest BCUT2D eigenvalue weighted by molar-refractivity contribution is -0.124. The molecule has 10 nitrogen and oxygen atoms in total. The number of alkyl carbamates (subject to hydrolysis) is 1. The second-order valence-corrected chi connectivity index (χ2v) is 8.74. The van der Waals surface area contributed by atoms with Crippen LogP contribution in [0.15, 0.2) is 39.5 Å². The first-order valence-corrected chi connectivity index (χ1v) is 10.9. The second-order valence-electron chi connectivity index (χ2n) is 8.74. The van der Waals surface area contributed by atoms with Gasteiger partial charge in [-0.25, -0.2) is 9.59 Å². The van der Waals surface area contributed by atoms with E-state index in [1.54, 1.807) is 0 Å². The van der Waals surface area contributed by atoms with E-state index in [-0.39, 0.29) is 24.3 Å². The Bertz CT molecular complexity index is 996. The Morgan fingerprint density at radius 2 is 1.61 bits per heavy atom. The summed E-state index contributed by atoms with van der Waals surface area (Å²) in [4.78, 5) is 49.8. The molecular formula is C23H32N4O6. The molecule has 0 saturated carbocycles. The maximum absolute atomic E-state index is 13.0. The molecule has 2 unspecified atom stereocenters. The normalized spacial score (nSPS) is 12.9. The highest BCUT2D eigenvalue weighted by molar-refractivity contribution is 5.99. The molecule has 2 aromatic rings. The molecule has 1 aromatic heterocycles. The van der Waals surface area contributed by atoms with E-state index in [4.69, 9.17) is 9.15 Å². The fraction of sp³-hybridized carbons (Fsp3) is 0.522. The SMILES string of the molecule is CC(C)CC(NC(=O)OCc1ccccc1)C(=O)NC(CC(C)C)C(=O)c1nn(C)c(=O)o1. The Kier molecular flexibility index (Phi) is 9.38. The van der Waals surface area contributed by atoms with Crippen molar-refractivity contribution in [2.75, 3.05) is 0 Å². The van der Waals surface area contributed by atoms with Crippen LogP contribution in [-0.4, -0.2) is 39.6 Å². The third-order valence-electron chi connectivity index (χ3n) is 4.77. The van der Waals surface area contributed by atoms with Gasteiger partial charge in [-0.2, -0.15) is 4.68 Å². The van der Waals surface area contributed by atoms with Crippen LogP contribution in [-0.2, 0) is 23.2 Å². The number of ketones is 1. The van der Waals surface area contributed by atoms with Crippen LogP contribution < -0.4 is 16.4 Å². The van der Waals surface area contributed by atoms with E-state index >= 15 is 0 Å². The van der Waals surface area contributed by atoms with Gasteiger partial charge in [-0.05, 0) is 30.2 Å². The van der Waals surface area contributed by atoms with E-state index in [2.05, 4.69) is 15.7 Å². The summed E-state index contributed by atoms with van der Waals surface area (Å²) in [5.74, 6) is -2.13. The van der Waals surface area contributed by atoms with Gasteiger partial charge in [-0.15, -0.1) is 5.10 Å². The van der Waals surface area contributed by atoms with Gasteiger partial charge >= 0.3 is 11.8 Å². The molecule has 0 aliphatic rings. The van der Waals surface area contributed by atoms with Crippen LogP contribution in [0.3, 0.4) is 0 Å². The average molecular weight is 461 g/mol. The number of ether oxygens (including phenoxy) is 1. The lowest BCUT2D eigenvalue weighted by Gasteiger charge is -2.24. The fourth-order valence-electron chi connectivity index (χ4n) is 3.18. The van der Waals surface area contributed by atoms with E-state index in [9.17, 15) is 19.2 Å². The number of aryl methyl sites for hydroxylation is 1. The maximum Gasteiger partial charge on any atom is 0.437 e. The molecule has 0 aliphatic heterocycles. The van der Waals surface area contributed by atoms with Crippen molar-refractivity contribution in [3.63, 3.8) is 0 Å². The maximum atomic E-state index is 13.0. The molecule has 1 heterocycles. The van der Waals surface area contributed by atoms with Gasteiger partial charge in [-0.3, -0.25) is 9.59 Å². The van der Waals surface area contributed by atoms with Crippen molar-refractivity contribution < 1.29 is 23.5 Å². The van der Waals surface area contributed by atoms with Gasteiger partial charge in [0.25, 0.3) is 5.89 Å². The van der Waals surface area contributed by atoms with Gasteiger partial charge in [0.15, 0.2) is 0 Å². The number of nitrogens with one attached hydrogen (secondary N) is 2. The molecule has 0 radical (unpaired) electrons. The zero-order chi connectivity index (χ0) is 24.5. The summed E-state index contributed by atoms with van der Waals surface area (Å²) >= 11 is 0. The number of Topliss-reactive ketones (excluding diaryl/α,β-unsaturated/α-hetero) is 1. The van der Waals surface area contributed by atoms with E-state index < -0.39 is 35.6 Å². The molecule has 2 rings (SSSR count). The number of benzene rings is 1. The molecule has 10 heteroatoms. The Labute approximate surface area is 192 Å². The zero-order valence-electron chi connectivity index (χ0n) is 19.7. The van der Waals surface area contributed by atoms with E-state index in [1.165, 1.54) is 7.05 Å². The molecule has 2 atom stereocenters. The van der Waals surface area contributed by atoms with Crippen molar-refractivity contribution in [3.05, 3.63) is 52.3 Å². The van der Waals surface area contributed by atoms with Gasteiger partial charge in [0.05, 0.1) is 6.04 Å². The first kappa shape index (κ1) is 25.8. The Morgan fingerprint density at radius 3 is 2.15 bits per heavy atom. The number of hydrogen-bond donors (Lipinski definition) is 2. The second kappa shape index (κ2) is 12.0. The highest BCUT2D eigenvalue weighted by Crippen LogP contribution is 2.12. The van der Waals surface area contributed by atoms with Crippen molar-refractivity contribution >= 4 is 17.8 Å². The Morgan fingerprint density at radius 1 is 1.00 bits per heavy atom. The standard InChI is InChI=1S/C23H32N4O6/c1-14(2)11-17(19(28)21-26-27(5)23(31)33-21)24-20(29)18(12-15(3)4)25-22(30)32-13-16-9-7-6-8-10-16/h6-10,14-15,17-18H,11-13H2,1-5H3,(H,24,29)(H,25,30). The van der Waals surface area contributed by atoms with E-state index in [0.717, 1.165) is 10.2 Å². The van der Waals surface area contributed by atoms with E-state index in [1.807, 2.05) is 58.0 Å². The molecular weight excluding hydrogens is 428 g/mol. The number of carbonyl (C=O) groups is 3. The average Bonchev–Trinajstić information content (AvgIpc) is 3.09. The van der Waals surface area contributed by atoms with Gasteiger partial charge in [0, 0.05) is 7.05 Å². The fourth-order valence-corrected chi connectivity index (χ4v) is 3.18. The van der Waals surface area contributed by atoms with Crippen LogP contribution in [0, 0.1) is 11.8 Å². The number of rotatable bonds is 11. The molecule has 2 amide bonds. The summed E-state index contributed by atoms with van der Waals surface area (Å²) in [6, 6.07) is 7.30. The quantitative estimate of drug-likeness (QED) is 0.492. The number of nitrogens with zero attached hydrogens (tertiary/aromatic N) is 2. The largest absolute Gasteiger partial charge is 0.445 e. The minimum atomic E-state index is -0.965. The topological polar surface area (TPSA) is 133 Å². The Hall–Kier alpha value is -3.43. The van der Waals surface area contributed by atoms with Crippen LogP contribution in [0.2, 0.25) is 0 Å². The van der Waals surface area contributed by atoms with Crippen LogP contribution in [0.5, 0.6) is 0 Å². The lowest BCUT2D eigenvalue weighted by atomic mass is 9.98. The predicted molar refractivity (Wildman–Crippen MR) is 120 cm³/mol. The van der Waals surface area contributed by atoms with Crippen LogP contribution in [0.4, 0.5) is 4.79 Å². The van der Waals surface area contributed by atoms with Crippen molar-refractivity contribution in [2.45, 2.75) is 59.2 Å². The predicted octanol–water partition coefficient (Wildman–Crippen LogP) is 2.43. The molecule has 33 heavy (non-hydrogen) atoms. The number of hydrogen-bond acceptors (Lipinski definition) is 7. The van der Waals surface area contributed by atoms with Gasteiger partial charge in [0.1, 0.15) is 12.6 Å². The molecule has 0 spiro atoms. The number of aromatic nitrogens is 2. The smallest absolute Gasteiger partial charge is 0.437 e. The van der Waals surface area contributed by atoms with Gasteiger partial charge < -0.3 is 19.8 Å². The van der Waals surface area contributed by atoms with E-state index in [0.29, 0.717) is 12.8 Å². The van der Waals surface area contributed by atoms with Crippen LogP contribution >= 0.6 is 0 Å². The first-order valence-electron chi connectivity index (χ1n) is 10.9. The first-order chi connectivity index (χ1) is 15.6. The van der Waals surface area contributed by atoms with Gasteiger partial charge in [-0.1, -0.05) is 58.0 Å². The van der Waals surface area contributed by atoms with Crippen molar-refractivity contribution in [1.82, 2.24) is 20.4 Å². The number of amides is 2. The summed E-state index contributed by atoms with van der Waals surface area (Å²) in [5.41, 5.74) is 0.817. The summed E-state index contributed by atoms with van der Waals surface area (Å²) in [7, 11) is 1.36. The van der Waals surface area contributed by atoms with Crippen molar-refractivity contribution in [2.24, 2.45) is 18.9 Å². The minimum absolute atomic E-state index is 0.0574. The third kappa shape index (κ3) is 8.21. The summed E-state index contributed by atoms with van der Waals surface area (Å²) in [6.45, 7) is 7.68. The Balaban J connectivity index is 2.09. The monoisotopic (exact) mass is 460 g/mol. The lowest BCUT2D eigenvalue weighted by Crippen LogP contribution is -2.52. The molecule has 0 fully saturated rings. The van der Waals surface area contributed by atoms with Crippen molar-refractivity contribution in [3.8, 4) is 0 Å². The van der Waals surface area contributed by atoms with Crippen LogP contribution in [0.25, 0.3) is 0 Å². The van der Waals surface area contributed by atoms with Crippen LogP contribution in [0.1, 0.15) is 56.8 Å². The molecule has 2 N–H and O–H groups in total. The summed E-state index contributed by atoms with van der Waals surface area (Å²) in [6.07, 6.45) is -0.0901. The summed E-state index contributed by atoms with van der Waals surface area (Å²) in [5, 5.41) is 9.07. The summed E-state index contributed by atoms with van der Waals surface area (Å²) < 4.78 is 11.0. The zero-order valence-corrected chi connectivity index (χ0v) is 19.7. The minimum Gasteiger partial charge on any atom is -0.445 e. The highest BCUT2D eigenvalue weighted by atomic mass is 16.5. The molecule has 0 aliphatic carbocycles. The highest BCUT2D eigenvalue weighted by Gasteiger charge is 2.31. The molecule has 1 aromatic carbocycles. The molecule has 180 valence electrons. The third-order valence-corrected chi connectivity index (χ3v) is 4.77.